The largest absolute Gasteiger partial charge is 0.471 e. The Hall–Kier alpha value is -4.28. The Bertz CT molecular complexity index is 1200. The maximum absolute atomic E-state index is 13.0. The number of benzene rings is 1. The number of hydrogen-bond acceptors (Lipinski definition) is 7. The van der Waals surface area contributed by atoms with E-state index >= 15 is 0 Å². The number of anilines is 1. The fourth-order valence-corrected chi connectivity index (χ4v) is 2.78. The fourth-order valence-electron chi connectivity index (χ4n) is 2.78. The molecule has 0 aliphatic carbocycles. The van der Waals surface area contributed by atoms with Gasteiger partial charge in [0.2, 0.25) is 11.7 Å². The molecule has 0 fully saturated rings. The van der Waals surface area contributed by atoms with Crippen LogP contribution in [0.25, 0.3) is 22.8 Å². The first kappa shape index (κ1) is 20.0. The van der Waals surface area contributed by atoms with Crippen molar-refractivity contribution in [3.05, 3.63) is 60.3 Å². The van der Waals surface area contributed by atoms with E-state index < -0.39 is 5.82 Å². The molecule has 4 aromatic rings. The van der Waals surface area contributed by atoms with Gasteiger partial charge in [0.15, 0.2) is 0 Å². The molecule has 0 radical (unpaired) electrons. The van der Waals surface area contributed by atoms with Crippen molar-refractivity contribution in [1.29, 1.82) is 0 Å². The zero-order chi connectivity index (χ0) is 21.8. The van der Waals surface area contributed by atoms with E-state index in [2.05, 4.69) is 30.9 Å². The van der Waals surface area contributed by atoms with E-state index in [9.17, 15) is 9.18 Å². The van der Waals surface area contributed by atoms with Crippen LogP contribution in [-0.4, -0.2) is 38.0 Å². The van der Waals surface area contributed by atoms with Gasteiger partial charge in [-0.05, 0) is 18.2 Å². The number of pyridine rings is 1. The average Bonchev–Trinajstić information content (AvgIpc) is 3.40. The van der Waals surface area contributed by atoms with Crippen molar-refractivity contribution < 1.29 is 18.4 Å². The molecule has 0 bridgehead atoms. The Morgan fingerprint density at radius 1 is 1.26 bits per heavy atom. The quantitative estimate of drug-likeness (QED) is 0.489. The van der Waals surface area contributed by atoms with E-state index in [0.29, 0.717) is 28.3 Å². The number of nitrogens with zero attached hydrogens (tertiary/aromatic N) is 5. The molecule has 0 saturated heterocycles. The lowest BCUT2D eigenvalue weighted by molar-refractivity contribution is 0.254. The summed E-state index contributed by atoms with van der Waals surface area (Å²) in [7, 11) is 3.29. The van der Waals surface area contributed by atoms with Crippen molar-refractivity contribution in [3.8, 4) is 28.7 Å². The number of ether oxygens (including phenoxy) is 1. The van der Waals surface area contributed by atoms with Gasteiger partial charge < -0.3 is 19.9 Å². The van der Waals surface area contributed by atoms with Crippen LogP contribution in [0.15, 0.2) is 53.3 Å². The van der Waals surface area contributed by atoms with Crippen molar-refractivity contribution in [2.75, 3.05) is 12.4 Å². The van der Waals surface area contributed by atoms with Gasteiger partial charge in [0, 0.05) is 31.4 Å². The van der Waals surface area contributed by atoms with E-state index in [4.69, 9.17) is 9.26 Å². The molecule has 11 heteroatoms. The molecule has 0 spiro atoms. The Balaban J connectivity index is 1.55. The smallest absolute Gasteiger partial charge is 0.318 e. The highest BCUT2D eigenvalue weighted by Gasteiger charge is 2.19. The second-order valence-corrected chi connectivity index (χ2v) is 6.44. The first-order valence-corrected chi connectivity index (χ1v) is 9.22. The number of hydrogen-bond donors (Lipinski definition) is 2. The van der Waals surface area contributed by atoms with Gasteiger partial charge in [-0.15, -0.1) is 0 Å². The molecule has 1 aromatic carbocycles. The Morgan fingerprint density at radius 3 is 2.90 bits per heavy atom. The lowest BCUT2D eigenvalue weighted by Crippen LogP contribution is -2.24. The zero-order valence-corrected chi connectivity index (χ0v) is 16.7. The van der Waals surface area contributed by atoms with Gasteiger partial charge >= 0.3 is 6.03 Å². The van der Waals surface area contributed by atoms with E-state index in [-0.39, 0.29) is 24.4 Å². The molecular formula is C20H18FN7O3. The third-order valence-corrected chi connectivity index (χ3v) is 4.38. The van der Waals surface area contributed by atoms with Gasteiger partial charge in [-0.2, -0.15) is 10.1 Å². The standard InChI is InChI=1S/C20H18FN7O3/c1-22-20(29)25-14-5-3-4-12(8-14)18-26-19(31-27-18)15-10-24-28(2)16(15)11-30-17-7-6-13(21)9-23-17/h3-10H,11H2,1-2H3,(H2,22,25,29). The molecule has 4 rings (SSSR count). The van der Waals surface area contributed by atoms with Gasteiger partial charge in [-0.1, -0.05) is 17.3 Å². The molecule has 0 unspecified atom stereocenters. The van der Waals surface area contributed by atoms with Crippen LogP contribution in [0.5, 0.6) is 5.88 Å². The molecule has 0 aliphatic heterocycles. The summed E-state index contributed by atoms with van der Waals surface area (Å²) in [6.07, 6.45) is 2.68. The third kappa shape index (κ3) is 4.50. The predicted molar refractivity (Wildman–Crippen MR) is 109 cm³/mol. The highest BCUT2D eigenvalue weighted by Crippen LogP contribution is 2.27. The number of amides is 2. The third-order valence-electron chi connectivity index (χ3n) is 4.38. The number of nitrogens with one attached hydrogen (secondary N) is 2. The molecule has 10 nitrogen and oxygen atoms in total. The number of aryl methyl sites for hydroxylation is 1. The fraction of sp³-hybridized carbons (Fsp3) is 0.150. The summed E-state index contributed by atoms with van der Waals surface area (Å²) in [5, 5.41) is 13.4. The molecular weight excluding hydrogens is 405 g/mol. The SMILES string of the molecule is CNC(=O)Nc1cccc(-c2noc(-c3cnn(C)c3COc3ccc(F)cn3)n2)c1. The molecule has 31 heavy (non-hydrogen) atoms. The second kappa shape index (κ2) is 8.61. The number of rotatable bonds is 6. The maximum atomic E-state index is 13.0. The number of urea groups is 1. The summed E-state index contributed by atoms with van der Waals surface area (Å²) in [5.74, 6) is 0.451. The van der Waals surface area contributed by atoms with Crippen LogP contribution < -0.4 is 15.4 Å². The molecule has 0 saturated carbocycles. The normalized spacial score (nSPS) is 10.7. The number of carbonyl (C=O) groups is 1. The zero-order valence-electron chi connectivity index (χ0n) is 16.7. The first-order valence-electron chi connectivity index (χ1n) is 9.22. The van der Waals surface area contributed by atoms with Crippen molar-refractivity contribution in [2.45, 2.75) is 6.61 Å². The van der Waals surface area contributed by atoms with E-state index in [1.165, 1.54) is 19.2 Å². The monoisotopic (exact) mass is 423 g/mol. The number of halogens is 1. The van der Waals surface area contributed by atoms with E-state index in [0.717, 1.165) is 6.20 Å². The molecule has 2 amide bonds. The summed E-state index contributed by atoms with van der Waals surface area (Å²) in [6, 6.07) is 9.44. The highest BCUT2D eigenvalue weighted by molar-refractivity contribution is 5.89. The number of aromatic nitrogens is 5. The van der Waals surface area contributed by atoms with Crippen molar-refractivity contribution in [2.24, 2.45) is 7.05 Å². The minimum atomic E-state index is -0.443. The van der Waals surface area contributed by atoms with Gasteiger partial charge in [-0.3, -0.25) is 4.68 Å². The summed E-state index contributed by atoms with van der Waals surface area (Å²) in [5.41, 5.74) is 2.53. The van der Waals surface area contributed by atoms with Crippen LogP contribution in [-0.2, 0) is 13.7 Å². The molecule has 0 atom stereocenters. The Morgan fingerprint density at radius 2 is 2.13 bits per heavy atom. The van der Waals surface area contributed by atoms with Crippen molar-refractivity contribution in [1.82, 2.24) is 30.2 Å². The van der Waals surface area contributed by atoms with Crippen LogP contribution in [0.2, 0.25) is 0 Å². The molecule has 2 N–H and O–H groups in total. The summed E-state index contributed by atoms with van der Waals surface area (Å²) >= 11 is 0. The van der Waals surface area contributed by atoms with Gasteiger partial charge in [-0.25, -0.2) is 14.2 Å². The molecule has 3 heterocycles. The maximum Gasteiger partial charge on any atom is 0.318 e. The first-order chi connectivity index (χ1) is 15.0. The van der Waals surface area contributed by atoms with E-state index in [1.54, 1.807) is 42.2 Å². The topological polar surface area (TPSA) is 120 Å². The lowest BCUT2D eigenvalue weighted by atomic mass is 10.2. The molecule has 0 aliphatic rings. The van der Waals surface area contributed by atoms with Gasteiger partial charge in [0.05, 0.1) is 23.7 Å². The molecule has 158 valence electrons. The Labute approximate surface area is 176 Å². The van der Waals surface area contributed by atoms with Crippen LogP contribution in [0, 0.1) is 5.82 Å². The number of carbonyl (C=O) groups excluding carboxylic acids is 1. The minimum absolute atomic E-state index is 0.119. The van der Waals surface area contributed by atoms with Crippen molar-refractivity contribution >= 4 is 11.7 Å². The van der Waals surface area contributed by atoms with Gasteiger partial charge in [0.25, 0.3) is 5.89 Å². The van der Waals surface area contributed by atoms with Gasteiger partial charge in [0.1, 0.15) is 12.4 Å². The molecule has 3 aromatic heterocycles. The van der Waals surface area contributed by atoms with Crippen LogP contribution in [0.4, 0.5) is 14.9 Å². The lowest BCUT2D eigenvalue weighted by Gasteiger charge is -2.06. The van der Waals surface area contributed by atoms with Crippen LogP contribution in [0.1, 0.15) is 5.69 Å². The summed E-state index contributed by atoms with van der Waals surface area (Å²) in [6.45, 7) is 0.119. The average molecular weight is 423 g/mol. The van der Waals surface area contributed by atoms with Crippen LogP contribution >= 0.6 is 0 Å². The second-order valence-electron chi connectivity index (χ2n) is 6.44. The summed E-state index contributed by atoms with van der Waals surface area (Å²) in [4.78, 5) is 19.8. The summed E-state index contributed by atoms with van der Waals surface area (Å²) < 4.78 is 25.7. The van der Waals surface area contributed by atoms with Crippen molar-refractivity contribution in [3.63, 3.8) is 0 Å². The van der Waals surface area contributed by atoms with Crippen LogP contribution in [0.3, 0.4) is 0 Å². The van der Waals surface area contributed by atoms with E-state index in [1.807, 2.05) is 0 Å². The predicted octanol–water partition coefficient (Wildman–Crippen LogP) is 3.00. The Kier molecular flexibility index (Phi) is 5.56. The minimum Gasteiger partial charge on any atom is -0.471 e. The highest BCUT2D eigenvalue weighted by atomic mass is 19.1.